The summed E-state index contributed by atoms with van der Waals surface area (Å²) in [6.45, 7) is 3.04. The second-order valence-corrected chi connectivity index (χ2v) is 8.07. The van der Waals surface area contributed by atoms with Crippen LogP contribution in [0.2, 0.25) is 0 Å². The number of furan rings is 1. The van der Waals surface area contributed by atoms with E-state index in [0.717, 1.165) is 15.4 Å². The lowest BCUT2D eigenvalue weighted by atomic mass is 10.1. The summed E-state index contributed by atoms with van der Waals surface area (Å²) in [5, 5.41) is 3.74. The number of oxazole rings is 1. The summed E-state index contributed by atoms with van der Waals surface area (Å²) in [5.74, 6) is -0.501. The molecular formula is C21H20BrN3O4. The predicted octanol–water partition coefficient (Wildman–Crippen LogP) is 4.23. The van der Waals surface area contributed by atoms with Crippen molar-refractivity contribution in [1.82, 2.24) is 9.47 Å². The first-order valence-electron chi connectivity index (χ1n) is 9.11. The highest BCUT2D eigenvalue weighted by Gasteiger charge is 2.19. The Bertz CT molecular complexity index is 1280. The van der Waals surface area contributed by atoms with Crippen molar-refractivity contribution in [2.24, 2.45) is 0 Å². The van der Waals surface area contributed by atoms with Crippen LogP contribution in [0.15, 0.2) is 54.5 Å². The summed E-state index contributed by atoms with van der Waals surface area (Å²) in [5.41, 5.74) is 3.10. The number of aromatic nitrogens is 1. The molecular weight excluding hydrogens is 438 g/mol. The van der Waals surface area contributed by atoms with E-state index >= 15 is 0 Å². The number of nitrogens with one attached hydrogen (secondary N) is 1. The fourth-order valence-corrected chi connectivity index (χ4v) is 3.61. The van der Waals surface area contributed by atoms with Gasteiger partial charge in [-0.25, -0.2) is 4.79 Å². The Hall–Kier alpha value is -2.84. The Labute approximate surface area is 175 Å². The minimum atomic E-state index is -0.413. The van der Waals surface area contributed by atoms with E-state index in [4.69, 9.17) is 8.83 Å². The van der Waals surface area contributed by atoms with Gasteiger partial charge in [0.15, 0.2) is 11.3 Å². The molecule has 0 fully saturated rings. The highest BCUT2D eigenvalue weighted by atomic mass is 79.9. The lowest BCUT2D eigenvalue weighted by Crippen LogP contribution is -2.23. The average molecular weight is 458 g/mol. The van der Waals surface area contributed by atoms with Crippen LogP contribution in [0.25, 0.3) is 22.1 Å². The van der Waals surface area contributed by atoms with Gasteiger partial charge in [0.05, 0.1) is 5.52 Å². The van der Waals surface area contributed by atoms with Crippen LogP contribution < -0.4 is 11.1 Å². The first-order valence-corrected chi connectivity index (χ1v) is 9.91. The van der Waals surface area contributed by atoms with Crippen molar-refractivity contribution < 1.29 is 13.6 Å². The van der Waals surface area contributed by atoms with Crippen molar-refractivity contribution in [3.8, 4) is 0 Å². The Morgan fingerprint density at radius 2 is 1.90 bits per heavy atom. The van der Waals surface area contributed by atoms with E-state index in [1.54, 1.807) is 22.8 Å². The number of carbonyl (C=O) groups is 1. The largest absolute Gasteiger partial charge is 0.451 e. The number of halogens is 1. The van der Waals surface area contributed by atoms with Crippen molar-refractivity contribution >= 4 is 49.6 Å². The quantitative estimate of drug-likeness (QED) is 0.484. The van der Waals surface area contributed by atoms with Gasteiger partial charge in [0.2, 0.25) is 0 Å². The van der Waals surface area contributed by atoms with Crippen LogP contribution in [0.3, 0.4) is 0 Å². The number of likely N-dealkylation sites (N-methyl/N-ethyl adjacent to an activating group) is 1. The molecule has 4 aromatic rings. The normalized spacial score (nSPS) is 11.6. The molecule has 2 aromatic carbocycles. The van der Waals surface area contributed by atoms with Crippen molar-refractivity contribution in [3.05, 3.63) is 62.7 Å². The molecule has 0 saturated carbocycles. The number of anilines is 1. The monoisotopic (exact) mass is 457 g/mol. The molecule has 0 aliphatic rings. The first-order chi connectivity index (χ1) is 13.8. The number of hydrogen-bond acceptors (Lipinski definition) is 5. The number of hydrogen-bond donors (Lipinski definition) is 1. The lowest BCUT2D eigenvalue weighted by Gasteiger charge is -2.09. The Balaban J connectivity index is 1.65. The second-order valence-electron chi connectivity index (χ2n) is 7.16. The second kappa shape index (κ2) is 7.53. The number of amides is 1. The van der Waals surface area contributed by atoms with Gasteiger partial charge >= 0.3 is 5.76 Å². The maximum atomic E-state index is 12.8. The van der Waals surface area contributed by atoms with Gasteiger partial charge < -0.3 is 19.1 Å². The van der Waals surface area contributed by atoms with Crippen LogP contribution >= 0.6 is 15.9 Å². The predicted molar refractivity (Wildman–Crippen MR) is 116 cm³/mol. The molecule has 2 heterocycles. The van der Waals surface area contributed by atoms with Gasteiger partial charge in [0, 0.05) is 34.2 Å². The number of fused-ring (bicyclic) bond motifs is 2. The fraction of sp³-hybridized carbons (Fsp3) is 0.238. The van der Waals surface area contributed by atoms with Crippen LogP contribution in [0, 0.1) is 6.92 Å². The smallest absolute Gasteiger partial charge is 0.419 e. The van der Waals surface area contributed by atoms with E-state index in [9.17, 15) is 9.59 Å². The molecule has 0 atom stereocenters. The summed E-state index contributed by atoms with van der Waals surface area (Å²) in [4.78, 5) is 27.0. The number of nitrogens with zero attached hydrogens (tertiary/aromatic N) is 2. The number of carbonyl (C=O) groups excluding carboxylic acids is 1. The summed E-state index contributed by atoms with van der Waals surface area (Å²) < 4.78 is 13.5. The molecule has 2 aromatic heterocycles. The Morgan fingerprint density at radius 1 is 1.14 bits per heavy atom. The zero-order chi connectivity index (χ0) is 20.7. The van der Waals surface area contributed by atoms with Crippen LogP contribution in [0.4, 0.5) is 5.69 Å². The van der Waals surface area contributed by atoms with Gasteiger partial charge in [-0.15, -0.1) is 0 Å². The van der Waals surface area contributed by atoms with E-state index in [0.29, 0.717) is 35.5 Å². The van der Waals surface area contributed by atoms with Gasteiger partial charge in [-0.3, -0.25) is 9.36 Å². The minimum absolute atomic E-state index is 0.260. The van der Waals surface area contributed by atoms with Gasteiger partial charge in [-0.1, -0.05) is 15.9 Å². The Kier molecular flexibility index (Phi) is 5.06. The molecule has 7 nitrogen and oxygen atoms in total. The summed E-state index contributed by atoms with van der Waals surface area (Å²) in [7, 11) is 3.88. The summed E-state index contributed by atoms with van der Waals surface area (Å²) in [6.07, 6.45) is 0. The zero-order valence-corrected chi connectivity index (χ0v) is 17.9. The third-order valence-corrected chi connectivity index (χ3v) is 5.29. The molecule has 0 bridgehead atoms. The highest BCUT2D eigenvalue weighted by molar-refractivity contribution is 9.10. The van der Waals surface area contributed by atoms with E-state index in [2.05, 4.69) is 21.2 Å². The number of rotatable bonds is 5. The number of aryl methyl sites for hydroxylation is 1. The van der Waals surface area contributed by atoms with Gasteiger partial charge in [0.25, 0.3) is 5.91 Å². The maximum Gasteiger partial charge on any atom is 0.419 e. The minimum Gasteiger partial charge on any atom is -0.451 e. The van der Waals surface area contributed by atoms with E-state index in [1.807, 2.05) is 44.1 Å². The average Bonchev–Trinajstić information content (AvgIpc) is 3.16. The van der Waals surface area contributed by atoms with Crippen molar-refractivity contribution in [3.63, 3.8) is 0 Å². The van der Waals surface area contributed by atoms with E-state index in [1.165, 1.54) is 0 Å². The molecule has 29 heavy (non-hydrogen) atoms. The highest BCUT2D eigenvalue weighted by Crippen LogP contribution is 2.29. The molecule has 1 amide bonds. The topological polar surface area (TPSA) is 80.6 Å². The third kappa shape index (κ3) is 3.73. The SMILES string of the molecule is Cc1c(C(=O)Nc2ccc3oc(=O)n(CCN(C)C)c3c2)oc2ccc(Br)cc12. The molecule has 0 radical (unpaired) electrons. The molecule has 4 rings (SSSR count). The molecule has 1 N–H and O–H groups in total. The van der Waals surface area contributed by atoms with Crippen LogP contribution in [0.5, 0.6) is 0 Å². The summed E-state index contributed by atoms with van der Waals surface area (Å²) >= 11 is 3.44. The van der Waals surface area contributed by atoms with Crippen LogP contribution in [-0.4, -0.2) is 36.0 Å². The standard InChI is InChI=1S/C21H20BrN3O4/c1-12-15-10-13(22)4-6-17(15)28-19(12)20(26)23-14-5-7-18-16(11-14)25(21(27)29-18)9-8-24(2)3/h4-7,10-11H,8-9H2,1-3H3,(H,23,26). The Morgan fingerprint density at radius 3 is 2.66 bits per heavy atom. The van der Waals surface area contributed by atoms with Crippen molar-refractivity contribution in [2.45, 2.75) is 13.5 Å². The third-order valence-electron chi connectivity index (χ3n) is 4.80. The summed E-state index contributed by atoms with van der Waals surface area (Å²) in [6, 6.07) is 10.7. The molecule has 150 valence electrons. The molecule has 0 saturated heterocycles. The molecule has 0 aliphatic heterocycles. The van der Waals surface area contributed by atoms with Crippen molar-refractivity contribution in [1.29, 1.82) is 0 Å². The molecule has 0 aliphatic carbocycles. The molecule has 8 heteroatoms. The first kappa shape index (κ1) is 19.5. The molecule has 0 unspecified atom stereocenters. The van der Waals surface area contributed by atoms with Crippen molar-refractivity contribution in [2.75, 3.05) is 26.0 Å². The van der Waals surface area contributed by atoms with Gasteiger partial charge in [0.1, 0.15) is 5.58 Å². The van der Waals surface area contributed by atoms with E-state index in [-0.39, 0.29) is 11.7 Å². The van der Waals surface area contributed by atoms with E-state index < -0.39 is 5.76 Å². The van der Waals surface area contributed by atoms with Crippen LogP contribution in [-0.2, 0) is 6.54 Å². The van der Waals surface area contributed by atoms with Gasteiger partial charge in [-0.2, -0.15) is 0 Å². The van der Waals surface area contributed by atoms with Crippen LogP contribution in [0.1, 0.15) is 16.1 Å². The fourth-order valence-electron chi connectivity index (χ4n) is 3.25. The lowest BCUT2D eigenvalue weighted by molar-refractivity contribution is 0.0998. The van der Waals surface area contributed by atoms with Gasteiger partial charge in [-0.05, 0) is 57.4 Å². The number of benzene rings is 2. The molecule has 0 spiro atoms. The maximum absolute atomic E-state index is 12.8. The zero-order valence-electron chi connectivity index (χ0n) is 16.3.